The number of ether oxygens (including phenoxy) is 2. The van der Waals surface area contributed by atoms with E-state index in [-0.39, 0.29) is 32.6 Å². The average Bonchev–Trinajstić information content (AvgIpc) is 3.14. The second kappa shape index (κ2) is 38.9. The van der Waals surface area contributed by atoms with Crippen LogP contribution in [0.3, 0.4) is 0 Å². The van der Waals surface area contributed by atoms with Gasteiger partial charge in [0, 0.05) is 19.4 Å². The molecule has 0 saturated carbocycles. The minimum absolute atomic E-state index is 0.0384. The van der Waals surface area contributed by atoms with Gasteiger partial charge >= 0.3 is 19.8 Å². The minimum atomic E-state index is -4.40. The summed E-state index contributed by atoms with van der Waals surface area (Å²) in [4.78, 5) is 34.8. The van der Waals surface area contributed by atoms with E-state index in [2.05, 4.69) is 92.8 Å². The minimum Gasteiger partial charge on any atom is -0.462 e. The zero-order chi connectivity index (χ0) is 38.9. The van der Waals surface area contributed by atoms with Crippen LogP contribution in [0.1, 0.15) is 142 Å². The number of carbonyl (C=O) groups excluding carboxylic acids is 2. The van der Waals surface area contributed by atoms with Gasteiger partial charge in [0.2, 0.25) is 0 Å². The van der Waals surface area contributed by atoms with Gasteiger partial charge in [0.15, 0.2) is 6.10 Å². The summed E-state index contributed by atoms with van der Waals surface area (Å²) in [5.41, 5.74) is 5.33. The van der Waals surface area contributed by atoms with Crippen molar-refractivity contribution in [2.45, 2.75) is 148 Å². The van der Waals surface area contributed by atoms with Gasteiger partial charge in [-0.05, 0) is 83.5 Å². The van der Waals surface area contributed by atoms with Crippen molar-refractivity contribution in [3.63, 3.8) is 0 Å². The van der Waals surface area contributed by atoms with Crippen LogP contribution < -0.4 is 5.73 Å². The zero-order valence-corrected chi connectivity index (χ0v) is 33.9. The summed E-state index contributed by atoms with van der Waals surface area (Å²) in [6.07, 6.45) is 47.6. The van der Waals surface area contributed by atoms with Gasteiger partial charge in [0.1, 0.15) is 6.61 Å². The molecule has 3 N–H and O–H groups in total. The topological polar surface area (TPSA) is 134 Å². The number of phosphoric ester groups is 1. The van der Waals surface area contributed by atoms with Gasteiger partial charge in [-0.15, -0.1) is 0 Å². The van der Waals surface area contributed by atoms with Crippen molar-refractivity contribution in [2.75, 3.05) is 26.4 Å². The van der Waals surface area contributed by atoms with Crippen LogP contribution in [0.4, 0.5) is 0 Å². The maximum absolute atomic E-state index is 12.5. The van der Waals surface area contributed by atoms with Crippen molar-refractivity contribution in [2.24, 2.45) is 5.73 Å². The summed E-state index contributed by atoms with van der Waals surface area (Å²) in [6, 6.07) is 0. The molecule has 0 aliphatic heterocycles. The first-order valence-electron chi connectivity index (χ1n) is 20.1. The Morgan fingerprint density at radius 3 is 1.60 bits per heavy atom. The van der Waals surface area contributed by atoms with E-state index in [1.165, 1.54) is 25.7 Å². The lowest BCUT2D eigenvalue weighted by Crippen LogP contribution is -2.29. The van der Waals surface area contributed by atoms with E-state index in [4.69, 9.17) is 24.3 Å². The first kappa shape index (κ1) is 50.2. The molecule has 0 spiro atoms. The van der Waals surface area contributed by atoms with E-state index in [0.29, 0.717) is 12.8 Å². The van der Waals surface area contributed by atoms with Crippen molar-refractivity contribution >= 4 is 19.8 Å². The highest BCUT2D eigenvalue weighted by Crippen LogP contribution is 2.43. The Balaban J connectivity index is 4.34. The molecule has 53 heavy (non-hydrogen) atoms. The highest BCUT2D eigenvalue weighted by atomic mass is 31.2. The third kappa shape index (κ3) is 38.7. The Kier molecular flexibility index (Phi) is 36.8. The van der Waals surface area contributed by atoms with Crippen LogP contribution in [0.15, 0.2) is 85.1 Å². The molecule has 0 aliphatic carbocycles. The van der Waals surface area contributed by atoms with Crippen molar-refractivity contribution in [1.82, 2.24) is 0 Å². The number of hydrogen-bond donors (Lipinski definition) is 2. The van der Waals surface area contributed by atoms with Crippen molar-refractivity contribution in [3.8, 4) is 0 Å². The molecule has 2 atom stereocenters. The number of rotatable bonds is 36. The molecule has 0 heterocycles. The first-order chi connectivity index (χ1) is 25.8. The molecule has 0 bridgehead atoms. The lowest BCUT2D eigenvalue weighted by molar-refractivity contribution is -0.161. The van der Waals surface area contributed by atoms with E-state index < -0.39 is 32.5 Å². The molecular weight excluding hydrogens is 689 g/mol. The SMILES string of the molecule is CCC=CCC=CCC=CCCCCCCCC(=O)O[C@H](COC(=O)CCCC=CCC=CCC=CCC=CCCCCC)COP(=O)(O)OCCN. The van der Waals surface area contributed by atoms with Crippen LogP contribution in [0.2, 0.25) is 0 Å². The van der Waals surface area contributed by atoms with Crippen LogP contribution in [0.25, 0.3) is 0 Å². The molecule has 0 aromatic rings. The number of carbonyl (C=O) groups is 2. The third-order valence-electron chi connectivity index (χ3n) is 7.77. The molecule has 0 radical (unpaired) electrons. The predicted octanol–water partition coefficient (Wildman–Crippen LogP) is 11.3. The quantitative estimate of drug-likeness (QED) is 0.0277. The van der Waals surface area contributed by atoms with Crippen LogP contribution in [0.5, 0.6) is 0 Å². The fraction of sp³-hybridized carbons (Fsp3) is 0.628. The highest BCUT2D eigenvalue weighted by Gasteiger charge is 2.25. The van der Waals surface area contributed by atoms with Crippen molar-refractivity contribution < 1.29 is 37.6 Å². The van der Waals surface area contributed by atoms with Crippen LogP contribution >= 0.6 is 7.82 Å². The number of phosphoric acid groups is 1. The number of nitrogens with two attached hydrogens (primary N) is 1. The highest BCUT2D eigenvalue weighted by molar-refractivity contribution is 7.47. The number of unbranched alkanes of at least 4 members (excludes halogenated alkanes) is 9. The van der Waals surface area contributed by atoms with E-state index >= 15 is 0 Å². The Morgan fingerprint density at radius 2 is 1.06 bits per heavy atom. The first-order valence-corrected chi connectivity index (χ1v) is 21.6. The number of esters is 2. The molecule has 9 nitrogen and oxygen atoms in total. The second-order valence-corrected chi connectivity index (χ2v) is 14.2. The summed E-state index contributed by atoms with van der Waals surface area (Å²) < 4.78 is 32.6. The van der Waals surface area contributed by atoms with Crippen LogP contribution in [-0.2, 0) is 32.7 Å². The molecular formula is C43H72NO8P. The van der Waals surface area contributed by atoms with Gasteiger partial charge in [-0.1, -0.05) is 131 Å². The van der Waals surface area contributed by atoms with Gasteiger partial charge in [-0.2, -0.15) is 0 Å². The average molecular weight is 762 g/mol. The maximum Gasteiger partial charge on any atom is 0.472 e. The monoisotopic (exact) mass is 761 g/mol. The Bertz CT molecular complexity index is 1140. The Hall–Kier alpha value is -2.81. The fourth-order valence-electron chi connectivity index (χ4n) is 4.82. The van der Waals surface area contributed by atoms with E-state index in [9.17, 15) is 19.0 Å². The maximum atomic E-state index is 12.5. The lowest BCUT2D eigenvalue weighted by atomic mass is 10.1. The summed E-state index contributed by atoms with van der Waals surface area (Å²) >= 11 is 0. The molecule has 0 saturated heterocycles. The lowest BCUT2D eigenvalue weighted by Gasteiger charge is -2.19. The largest absolute Gasteiger partial charge is 0.472 e. The smallest absolute Gasteiger partial charge is 0.462 e. The molecule has 0 amide bonds. The standard InChI is InChI=1S/C43H72NO8P/c1-3-5-7-9-11-13-15-17-19-20-22-23-25-27-29-31-33-35-42(45)49-39-41(40-51-53(47,48)50-38-37-44)52-43(46)36-34-32-30-28-26-24-21-18-16-14-12-10-8-6-4-2/h6,8,11-14,17-19,21-23,27,29,41H,3-5,7,9-10,15-16,20,24-26,28,30-40,44H2,1-2H3,(H,47,48)/t41-/m1/s1. The molecule has 0 aromatic carbocycles. The molecule has 0 aliphatic rings. The van der Waals surface area contributed by atoms with Crippen molar-refractivity contribution in [3.05, 3.63) is 85.1 Å². The molecule has 0 fully saturated rings. The molecule has 302 valence electrons. The summed E-state index contributed by atoms with van der Waals surface area (Å²) in [5, 5.41) is 0. The van der Waals surface area contributed by atoms with E-state index in [1.807, 2.05) is 6.08 Å². The van der Waals surface area contributed by atoms with E-state index in [1.54, 1.807) is 0 Å². The third-order valence-corrected chi connectivity index (χ3v) is 8.75. The van der Waals surface area contributed by atoms with Gasteiger partial charge in [0.05, 0.1) is 13.2 Å². The van der Waals surface area contributed by atoms with E-state index in [0.717, 1.165) is 77.0 Å². The molecule has 0 rings (SSSR count). The van der Waals surface area contributed by atoms with Crippen LogP contribution in [-0.4, -0.2) is 49.3 Å². The molecule has 1 unspecified atom stereocenters. The van der Waals surface area contributed by atoms with Gasteiger partial charge in [0.25, 0.3) is 0 Å². The molecule has 10 heteroatoms. The summed E-state index contributed by atoms with van der Waals surface area (Å²) in [6.45, 7) is 3.48. The number of allylic oxidation sites excluding steroid dienone is 14. The predicted molar refractivity (Wildman–Crippen MR) is 219 cm³/mol. The van der Waals surface area contributed by atoms with Gasteiger partial charge in [-0.3, -0.25) is 18.6 Å². The summed E-state index contributed by atoms with van der Waals surface area (Å²) in [7, 11) is -4.40. The Morgan fingerprint density at radius 1 is 0.585 bits per heavy atom. The van der Waals surface area contributed by atoms with Crippen LogP contribution in [0, 0.1) is 0 Å². The van der Waals surface area contributed by atoms with Crippen molar-refractivity contribution in [1.29, 1.82) is 0 Å². The molecule has 0 aromatic heterocycles. The van der Waals surface area contributed by atoms with Gasteiger partial charge < -0.3 is 20.1 Å². The van der Waals surface area contributed by atoms with Gasteiger partial charge in [-0.25, -0.2) is 4.57 Å². The Labute approximate surface area is 322 Å². The second-order valence-electron chi connectivity index (χ2n) is 12.8. The fourth-order valence-corrected chi connectivity index (χ4v) is 5.58. The zero-order valence-electron chi connectivity index (χ0n) is 33.0. The normalized spacial score (nSPS) is 14.3. The number of hydrogen-bond acceptors (Lipinski definition) is 8. The summed E-state index contributed by atoms with van der Waals surface area (Å²) in [5.74, 6) is -0.924.